The molecule has 1 aliphatic rings. The van der Waals surface area contributed by atoms with Crippen molar-refractivity contribution in [3.05, 3.63) is 35.4 Å². The van der Waals surface area contributed by atoms with E-state index in [-0.39, 0.29) is 0 Å². The zero-order chi connectivity index (χ0) is 9.80. The Bertz CT molecular complexity index is 298. The second-order valence-electron chi connectivity index (χ2n) is 3.72. The molecular weight excluding hydrogens is 174 g/mol. The van der Waals surface area contributed by atoms with Gasteiger partial charge in [0.05, 0.1) is 13.2 Å². The Kier molecular flexibility index (Phi) is 3.17. The molecule has 1 N–H and O–H groups in total. The lowest BCUT2D eigenvalue weighted by Gasteiger charge is -2.25. The highest BCUT2D eigenvalue weighted by Crippen LogP contribution is 2.25. The first-order valence-corrected chi connectivity index (χ1v) is 5.28. The van der Waals surface area contributed by atoms with E-state index in [0.717, 1.165) is 26.3 Å². The highest BCUT2D eigenvalue weighted by Gasteiger charge is 2.19. The Hall–Kier alpha value is -0.860. The minimum atomic E-state index is 0.528. The zero-order valence-electron chi connectivity index (χ0n) is 8.62. The van der Waals surface area contributed by atoms with Crippen LogP contribution in [0.1, 0.15) is 24.0 Å². The number of benzene rings is 1. The van der Waals surface area contributed by atoms with Crippen LogP contribution in [-0.4, -0.2) is 19.7 Å². The van der Waals surface area contributed by atoms with Crippen LogP contribution in [0.3, 0.4) is 0 Å². The number of rotatable bonds is 3. The molecule has 0 aromatic heterocycles. The van der Waals surface area contributed by atoms with Gasteiger partial charge in [0.2, 0.25) is 0 Å². The number of hydrogen-bond acceptors (Lipinski definition) is 2. The Morgan fingerprint density at radius 1 is 1.43 bits per heavy atom. The van der Waals surface area contributed by atoms with E-state index in [1.165, 1.54) is 11.1 Å². The topological polar surface area (TPSA) is 21.3 Å². The van der Waals surface area contributed by atoms with Gasteiger partial charge >= 0.3 is 0 Å². The summed E-state index contributed by atoms with van der Waals surface area (Å²) in [4.78, 5) is 0. The molecule has 0 amide bonds. The first-order valence-electron chi connectivity index (χ1n) is 5.28. The van der Waals surface area contributed by atoms with Gasteiger partial charge in [-0.2, -0.15) is 0 Å². The second-order valence-corrected chi connectivity index (χ2v) is 3.72. The fraction of sp³-hybridized carbons (Fsp3) is 0.500. The lowest BCUT2D eigenvalue weighted by Crippen LogP contribution is -2.27. The molecule has 1 atom stereocenters. The van der Waals surface area contributed by atoms with E-state index in [9.17, 15) is 0 Å². The van der Waals surface area contributed by atoms with Crippen molar-refractivity contribution in [1.82, 2.24) is 5.32 Å². The molecule has 1 heterocycles. The Morgan fingerprint density at radius 2 is 2.29 bits per heavy atom. The van der Waals surface area contributed by atoms with Gasteiger partial charge in [-0.25, -0.2) is 0 Å². The van der Waals surface area contributed by atoms with E-state index in [1.807, 2.05) is 0 Å². The molecule has 0 fully saturated rings. The molecule has 1 aromatic carbocycles. The van der Waals surface area contributed by atoms with Crippen LogP contribution >= 0.6 is 0 Å². The van der Waals surface area contributed by atoms with Crippen LogP contribution < -0.4 is 5.32 Å². The maximum atomic E-state index is 5.57. The van der Waals surface area contributed by atoms with Crippen LogP contribution in [0, 0.1) is 0 Å². The predicted octanol–water partition coefficient (Wildman–Crippen LogP) is 1.91. The summed E-state index contributed by atoms with van der Waals surface area (Å²) >= 11 is 0. The van der Waals surface area contributed by atoms with Crippen LogP contribution in [0.4, 0.5) is 0 Å². The molecule has 0 spiro atoms. The van der Waals surface area contributed by atoms with Crippen molar-refractivity contribution in [3.8, 4) is 0 Å². The second kappa shape index (κ2) is 4.58. The third kappa shape index (κ3) is 1.97. The number of nitrogens with one attached hydrogen (secondary N) is 1. The summed E-state index contributed by atoms with van der Waals surface area (Å²) in [5.41, 5.74) is 2.81. The van der Waals surface area contributed by atoms with Gasteiger partial charge in [-0.15, -0.1) is 0 Å². The highest BCUT2D eigenvalue weighted by molar-refractivity contribution is 5.31. The maximum absolute atomic E-state index is 5.57. The fourth-order valence-corrected chi connectivity index (χ4v) is 1.95. The van der Waals surface area contributed by atoms with E-state index in [4.69, 9.17) is 4.74 Å². The molecule has 14 heavy (non-hydrogen) atoms. The third-order valence-electron chi connectivity index (χ3n) is 2.71. The summed E-state index contributed by atoms with van der Waals surface area (Å²) in [7, 11) is 0. The van der Waals surface area contributed by atoms with E-state index >= 15 is 0 Å². The van der Waals surface area contributed by atoms with Crippen LogP contribution in [0.2, 0.25) is 0 Å². The van der Waals surface area contributed by atoms with Crippen LogP contribution in [0.15, 0.2) is 24.3 Å². The van der Waals surface area contributed by atoms with Crippen LogP contribution in [0.25, 0.3) is 0 Å². The average Bonchev–Trinajstić information content (AvgIpc) is 2.26. The summed E-state index contributed by atoms with van der Waals surface area (Å²) in [6.07, 6.45) is 0. The molecule has 0 saturated carbocycles. The Balaban J connectivity index is 2.14. The number of ether oxygens (including phenoxy) is 1. The molecule has 2 rings (SSSR count). The van der Waals surface area contributed by atoms with E-state index in [2.05, 4.69) is 36.5 Å². The quantitative estimate of drug-likeness (QED) is 0.788. The minimum Gasteiger partial charge on any atom is -0.376 e. The van der Waals surface area contributed by atoms with Gasteiger partial charge in [0, 0.05) is 12.5 Å². The fourth-order valence-electron chi connectivity index (χ4n) is 1.95. The van der Waals surface area contributed by atoms with Gasteiger partial charge in [-0.05, 0) is 17.7 Å². The molecule has 2 nitrogen and oxygen atoms in total. The van der Waals surface area contributed by atoms with Crippen LogP contribution in [0.5, 0.6) is 0 Å². The lowest BCUT2D eigenvalue weighted by molar-refractivity contribution is 0.0908. The van der Waals surface area contributed by atoms with Gasteiger partial charge in [-0.1, -0.05) is 31.2 Å². The lowest BCUT2D eigenvalue weighted by atomic mass is 9.93. The molecule has 1 aromatic rings. The number of fused-ring (bicyclic) bond motifs is 1. The van der Waals surface area contributed by atoms with E-state index in [1.54, 1.807) is 0 Å². The maximum Gasteiger partial charge on any atom is 0.0719 e. The van der Waals surface area contributed by atoms with Gasteiger partial charge in [0.1, 0.15) is 0 Å². The van der Waals surface area contributed by atoms with Gasteiger partial charge in [0.25, 0.3) is 0 Å². The van der Waals surface area contributed by atoms with E-state index in [0.29, 0.717) is 5.92 Å². The minimum absolute atomic E-state index is 0.528. The van der Waals surface area contributed by atoms with Crippen molar-refractivity contribution in [2.75, 3.05) is 19.7 Å². The third-order valence-corrected chi connectivity index (χ3v) is 2.71. The van der Waals surface area contributed by atoms with Crippen molar-refractivity contribution in [3.63, 3.8) is 0 Å². The molecule has 0 bridgehead atoms. The van der Waals surface area contributed by atoms with Gasteiger partial charge in [-0.3, -0.25) is 0 Å². The molecule has 1 aliphatic heterocycles. The summed E-state index contributed by atoms with van der Waals surface area (Å²) < 4.78 is 5.57. The first-order chi connectivity index (χ1) is 6.92. The summed E-state index contributed by atoms with van der Waals surface area (Å²) in [5.74, 6) is 0.528. The molecule has 2 heteroatoms. The summed E-state index contributed by atoms with van der Waals surface area (Å²) in [5, 5.41) is 3.38. The highest BCUT2D eigenvalue weighted by atomic mass is 16.5. The monoisotopic (exact) mass is 191 g/mol. The summed E-state index contributed by atoms with van der Waals surface area (Å²) in [6, 6.07) is 8.58. The zero-order valence-corrected chi connectivity index (χ0v) is 8.62. The SMILES string of the molecule is CCNCC1COCc2ccccc21. The first kappa shape index (κ1) is 9.69. The standard InChI is InChI=1S/C12H17NO/c1-2-13-7-11-9-14-8-10-5-3-4-6-12(10)11/h3-6,11,13H,2,7-9H2,1H3. The van der Waals surface area contributed by atoms with Crippen molar-refractivity contribution < 1.29 is 4.74 Å². The van der Waals surface area contributed by atoms with Crippen molar-refractivity contribution in [2.45, 2.75) is 19.4 Å². The van der Waals surface area contributed by atoms with Gasteiger partial charge in [0.15, 0.2) is 0 Å². The van der Waals surface area contributed by atoms with Crippen LogP contribution in [-0.2, 0) is 11.3 Å². The largest absolute Gasteiger partial charge is 0.376 e. The molecule has 0 aliphatic carbocycles. The molecule has 0 radical (unpaired) electrons. The normalized spacial score (nSPS) is 20.5. The average molecular weight is 191 g/mol. The molecule has 76 valence electrons. The number of likely N-dealkylation sites (N-methyl/N-ethyl adjacent to an activating group) is 1. The van der Waals surface area contributed by atoms with Gasteiger partial charge < -0.3 is 10.1 Å². The Morgan fingerprint density at radius 3 is 3.14 bits per heavy atom. The Labute approximate surface area is 85.3 Å². The smallest absolute Gasteiger partial charge is 0.0719 e. The predicted molar refractivity (Wildman–Crippen MR) is 57.4 cm³/mol. The summed E-state index contributed by atoms with van der Waals surface area (Å²) in [6.45, 7) is 5.81. The molecular formula is C12H17NO. The van der Waals surface area contributed by atoms with E-state index < -0.39 is 0 Å². The van der Waals surface area contributed by atoms with Crippen molar-refractivity contribution in [2.24, 2.45) is 0 Å². The molecule has 1 unspecified atom stereocenters. The number of hydrogen-bond donors (Lipinski definition) is 1. The van der Waals surface area contributed by atoms with Crippen molar-refractivity contribution in [1.29, 1.82) is 0 Å². The van der Waals surface area contributed by atoms with Crippen molar-refractivity contribution >= 4 is 0 Å². The molecule has 0 saturated heterocycles.